The highest BCUT2D eigenvalue weighted by atomic mass is 35.5. The lowest BCUT2D eigenvalue weighted by Crippen LogP contribution is -2.01. The molecule has 162 valence electrons. The van der Waals surface area contributed by atoms with E-state index in [-0.39, 0.29) is 40.1 Å². The summed E-state index contributed by atoms with van der Waals surface area (Å²) in [6.45, 7) is 3.37. The number of benzene rings is 3. The minimum Gasteiger partial charge on any atom is -0.502 e. The molecule has 3 rings (SSSR count). The predicted octanol–water partition coefficient (Wildman–Crippen LogP) is 6.40. The molecule has 0 aliphatic rings. The van der Waals surface area contributed by atoms with E-state index in [4.69, 9.17) is 33.0 Å². The highest BCUT2D eigenvalue weighted by Gasteiger charge is 2.21. The summed E-state index contributed by atoms with van der Waals surface area (Å²) in [5, 5.41) is 31.2. The smallest absolute Gasteiger partial charge is 0.315 e. The summed E-state index contributed by atoms with van der Waals surface area (Å²) in [6.07, 6.45) is 0. The number of nitro groups is 2. The zero-order chi connectivity index (χ0) is 23.1. The molecule has 0 heterocycles. The van der Waals surface area contributed by atoms with E-state index in [1.807, 2.05) is 30.3 Å². The van der Waals surface area contributed by atoms with Crippen LogP contribution in [0.2, 0.25) is 10.0 Å². The third-order valence-electron chi connectivity index (χ3n) is 4.27. The lowest BCUT2D eigenvalue weighted by Gasteiger charge is -2.09. The molecule has 3 aromatic carbocycles. The monoisotopic (exact) mass is 464 g/mol. The summed E-state index contributed by atoms with van der Waals surface area (Å²) in [4.78, 5) is 20.3. The fourth-order valence-corrected chi connectivity index (χ4v) is 2.93. The van der Waals surface area contributed by atoms with E-state index in [2.05, 4.69) is 0 Å². The van der Waals surface area contributed by atoms with Gasteiger partial charge in [-0.1, -0.05) is 53.5 Å². The third-order valence-corrected chi connectivity index (χ3v) is 5.09. The Morgan fingerprint density at radius 2 is 1.35 bits per heavy atom. The largest absolute Gasteiger partial charge is 0.502 e. The van der Waals surface area contributed by atoms with Crippen molar-refractivity contribution in [2.24, 2.45) is 0 Å². The van der Waals surface area contributed by atoms with Gasteiger partial charge < -0.3 is 9.84 Å². The highest BCUT2D eigenvalue weighted by molar-refractivity contribution is 6.32. The van der Waals surface area contributed by atoms with Gasteiger partial charge in [0.15, 0.2) is 11.5 Å². The zero-order valence-corrected chi connectivity index (χ0v) is 18.1. The first-order valence-corrected chi connectivity index (χ1v) is 9.61. The van der Waals surface area contributed by atoms with Gasteiger partial charge in [0.05, 0.1) is 19.9 Å². The Morgan fingerprint density at radius 1 is 0.839 bits per heavy atom. The van der Waals surface area contributed by atoms with Crippen LogP contribution in [0.4, 0.5) is 11.4 Å². The van der Waals surface area contributed by atoms with Crippen molar-refractivity contribution in [3.63, 3.8) is 0 Å². The van der Waals surface area contributed by atoms with E-state index in [9.17, 15) is 20.2 Å². The Hall–Kier alpha value is -3.36. The van der Waals surface area contributed by atoms with Crippen LogP contribution in [-0.4, -0.2) is 15.0 Å². The van der Waals surface area contributed by atoms with Gasteiger partial charge in [-0.25, -0.2) is 0 Å². The summed E-state index contributed by atoms with van der Waals surface area (Å²) < 4.78 is 5.52. The van der Waals surface area contributed by atoms with Crippen molar-refractivity contribution in [2.45, 2.75) is 20.5 Å². The Balaban J connectivity index is 0.000000245. The molecule has 0 spiro atoms. The van der Waals surface area contributed by atoms with Gasteiger partial charge in [0.2, 0.25) is 0 Å². The molecule has 0 atom stereocenters. The van der Waals surface area contributed by atoms with Gasteiger partial charge in [-0.15, -0.1) is 0 Å². The molecular formula is C21H18Cl2N2O6. The number of nitro benzene ring substituents is 2. The number of hydrogen-bond donors (Lipinski definition) is 1. The number of halogens is 2. The molecule has 0 amide bonds. The molecule has 10 heteroatoms. The molecule has 0 fully saturated rings. The molecule has 0 aromatic heterocycles. The summed E-state index contributed by atoms with van der Waals surface area (Å²) in [6, 6.07) is 15.2. The van der Waals surface area contributed by atoms with E-state index in [1.54, 1.807) is 13.0 Å². The van der Waals surface area contributed by atoms with Crippen molar-refractivity contribution < 1.29 is 19.7 Å². The second kappa shape index (κ2) is 10.6. The Kier molecular flexibility index (Phi) is 8.18. The Bertz CT molecular complexity index is 1110. The fourth-order valence-electron chi connectivity index (χ4n) is 2.62. The van der Waals surface area contributed by atoms with E-state index >= 15 is 0 Å². The van der Waals surface area contributed by atoms with Crippen molar-refractivity contribution in [1.82, 2.24) is 0 Å². The first kappa shape index (κ1) is 23.9. The predicted molar refractivity (Wildman–Crippen MR) is 118 cm³/mol. The molecule has 0 aliphatic heterocycles. The molecular weight excluding hydrogens is 447 g/mol. The average molecular weight is 465 g/mol. The maximum Gasteiger partial charge on any atom is 0.315 e. The summed E-state index contributed by atoms with van der Waals surface area (Å²) in [7, 11) is 0. The van der Waals surface area contributed by atoms with Crippen molar-refractivity contribution in [2.75, 3.05) is 0 Å². The van der Waals surface area contributed by atoms with Crippen LogP contribution in [0.25, 0.3) is 0 Å². The van der Waals surface area contributed by atoms with Gasteiger partial charge in [-0.2, -0.15) is 0 Å². The first-order valence-electron chi connectivity index (χ1n) is 8.86. The van der Waals surface area contributed by atoms with Gasteiger partial charge in [-0.05, 0) is 43.7 Å². The van der Waals surface area contributed by atoms with Gasteiger partial charge >= 0.3 is 11.4 Å². The number of ether oxygens (including phenoxy) is 1. The van der Waals surface area contributed by atoms with Crippen LogP contribution in [0.15, 0.2) is 54.6 Å². The lowest BCUT2D eigenvalue weighted by molar-refractivity contribution is -0.386. The Morgan fingerprint density at radius 3 is 1.87 bits per heavy atom. The van der Waals surface area contributed by atoms with E-state index in [0.29, 0.717) is 10.6 Å². The molecule has 31 heavy (non-hydrogen) atoms. The topological polar surface area (TPSA) is 116 Å². The molecule has 0 saturated heterocycles. The van der Waals surface area contributed by atoms with Crippen LogP contribution in [0.3, 0.4) is 0 Å². The lowest BCUT2D eigenvalue weighted by atomic mass is 10.2. The second-order valence-corrected chi connectivity index (χ2v) is 7.16. The van der Waals surface area contributed by atoms with Crippen molar-refractivity contribution in [3.05, 3.63) is 102 Å². The van der Waals surface area contributed by atoms with Crippen LogP contribution in [0, 0.1) is 34.1 Å². The van der Waals surface area contributed by atoms with Crippen LogP contribution in [0.1, 0.15) is 16.7 Å². The number of aromatic hydroxyl groups is 1. The van der Waals surface area contributed by atoms with Crippen LogP contribution in [0.5, 0.6) is 11.5 Å². The molecule has 8 nitrogen and oxygen atoms in total. The standard InChI is InChI=1S/C14H12ClNO3.C7H6ClNO3/c1-10-12(15)7-8-13(14(10)16(17)18)19-9-11-5-3-2-4-6-11;1-4-5(8)2-3-6(10)7(4)9(11)12/h2-8H,9H2,1H3;2-3,10H,1H3. The van der Waals surface area contributed by atoms with Gasteiger partial charge in [0.1, 0.15) is 6.61 Å². The maximum absolute atomic E-state index is 11.1. The van der Waals surface area contributed by atoms with Crippen molar-refractivity contribution in [1.29, 1.82) is 0 Å². The van der Waals surface area contributed by atoms with E-state index in [1.165, 1.54) is 25.1 Å². The summed E-state index contributed by atoms with van der Waals surface area (Å²) in [5.74, 6) is -0.127. The van der Waals surface area contributed by atoms with Crippen molar-refractivity contribution >= 4 is 34.6 Å². The molecule has 0 unspecified atom stereocenters. The fraction of sp³-hybridized carbons (Fsp3) is 0.143. The zero-order valence-electron chi connectivity index (χ0n) is 16.5. The highest BCUT2D eigenvalue weighted by Crippen LogP contribution is 2.35. The number of rotatable bonds is 5. The number of hydrogen-bond acceptors (Lipinski definition) is 6. The molecule has 0 saturated carbocycles. The number of nitrogens with zero attached hydrogens (tertiary/aromatic N) is 2. The average Bonchev–Trinajstić information content (AvgIpc) is 2.72. The van der Waals surface area contributed by atoms with E-state index in [0.717, 1.165) is 5.56 Å². The summed E-state index contributed by atoms with van der Waals surface area (Å²) >= 11 is 11.5. The minimum atomic E-state index is -0.656. The van der Waals surface area contributed by atoms with Gasteiger partial charge in [0, 0.05) is 11.1 Å². The molecule has 0 radical (unpaired) electrons. The maximum atomic E-state index is 11.1. The number of phenolic OH excluding ortho intramolecular Hbond substituents is 1. The second-order valence-electron chi connectivity index (χ2n) is 6.35. The molecule has 0 bridgehead atoms. The SMILES string of the molecule is Cc1c(Cl)ccc(O)c1[N+](=O)[O-].Cc1c(Cl)ccc(OCc2ccccc2)c1[N+](=O)[O-]. The van der Waals surface area contributed by atoms with Crippen molar-refractivity contribution in [3.8, 4) is 11.5 Å². The summed E-state index contributed by atoms with van der Waals surface area (Å²) in [5.41, 5.74) is 1.23. The van der Waals surface area contributed by atoms with Gasteiger partial charge in [-0.3, -0.25) is 20.2 Å². The van der Waals surface area contributed by atoms with E-state index < -0.39 is 9.85 Å². The quantitative estimate of drug-likeness (QED) is 0.344. The Labute approximate surface area is 187 Å². The molecule has 1 N–H and O–H groups in total. The molecule has 3 aromatic rings. The first-order chi connectivity index (χ1) is 14.6. The van der Waals surface area contributed by atoms with Crippen LogP contribution >= 0.6 is 23.2 Å². The minimum absolute atomic E-state index is 0.0802. The normalized spacial score (nSPS) is 10.1. The van der Waals surface area contributed by atoms with Crippen LogP contribution in [-0.2, 0) is 6.61 Å². The molecule has 0 aliphatic carbocycles. The number of phenols is 1. The van der Waals surface area contributed by atoms with Gasteiger partial charge in [0.25, 0.3) is 0 Å². The van der Waals surface area contributed by atoms with Crippen LogP contribution < -0.4 is 4.74 Å². The third kappa shape index (κ3) is 6.07.